The Hall–Kier alpha value is -3.80. The van der Waals surface area contributed by atoms with E-state index in [-0.39, 0.29) is 24.9 Å². The molecule has 1 heterocycles. The van der Waals surface area contributed by atoms with Gasteiger partial charge < -0.3 is 20.7 Å². The number of para-hydroxylation sites is 1. The summed E-state index contributed by atoms with van der Waals surface area (Å²) in [7, 11) is 0. The van der Waals surface area contributed by atoms with E-state index in [0.29, 0.717) is 12.2 Å². The number of fused-ring (bicyclic) bond motifs is 1. The molecule has 6 heteroatoms. The van der Waals surface area contributed by atoms with Crippen LogP contribution in [0.1, 0.15) is 17.5 Å². The standard InChI is InChI=1S/C25H25N3O3/c29-24(12-14-26-25(30)28-22-4-2-1-3-5-22)27-17-18-6-8-19(9-7-18)20-10-11-23-21(16-20)13-15-31-23/h1-11,16H,12-15,17H2,(H,27,29)(H2,26,28,30). The van der Waals surface area contributed by atoms with Crippen LogP contribution in [0.4, 0.5) is 10.5 Å². The van der Waals surface area contributed by atoms with Gasteiger partial charge in [0.05, 0.1) is 6.61 Å². The number of anilines is 1. The molecule has 0 bridgehead atoms. The van der Waals surface area contributed by atoms with Gasteiger partial charge in [-0.25, -0.2) is 4.79 Å². The van der Waals surface area contributed by atoms with Crippen LogP contribution in [-0.2, 0) is 17.8 Å². The summed E-state index contributed by atoms with van der Waals surface area (Å²) >= 11 is 0. The Morgan fingerprint density at radius 3 is 2.45 bits per heavy atom. The van der Waals surface area contributed by atoms with Crippen molar-refractivity contribution < 1.29 is 14.3 Å². The molecular weight excluding hydrogens is 390 g/mol. The molecular formula is C25H25N3O3. The van der Waals surface area contributed by atoms with Gasteiger partial charge in [0.15, 0.2) is 0 Å². The van der Waals surface area contributed by atoms with E-state index in [1.165, 1.54) is 11.1 Å². The zero-order valence-corrected chi connectivity index (χ0v) is 17.2. The van der Waals surface area contributed by atoms with Crippen molar-refractivity contribution in [2.24, 2.45) is 0 Å². The fraction of sp³-hybridized carbons (Fsp3) is 0.200. The lowest BCUT2D eigenvalue weighted by atomic mass is 10.0. The van der Waals surface area contributed by atoms with Crippen molar-refractivity contribution in [2.75, 3.05) is 18.5 Å². The Balaban J connectivity index is 1.19. The zero-order chi connectivity index (χ0) is 21.5. The van der Waals surface area contributed by atoms with Crippen LogP contribution < -0.4 is 20.7 Å². The molecule has 0 radical (unpaired) electrons. The van der Waals surface area contributed by atoms with E-state index in [0.717, 1.165) is 29.9 Å². The summed E-state index contributed by atoms with van der Waals surface area (Å²) in [5, 5.41) is 8.29. The third-order valence-electron chi connectivity index (χ3n) is 5.14. The molecule has 3 aromatic rings. The molecule has 3 aromatic carbocycles. The third-order valence-corrected chi connectivity index (χ3v) is 5.14. The molecule has 0 unspecified atom stereocenters. The van der Waals surface area contributed by atoms with Crippen LogP contribution in [0.5, 0.6) is 5.75 Å². The van der Waals surface area contributed by atoms with Crippen LogP contribution in [0, 0.1) is 0 Å². The molecule has 0 atom stereocenters. The van der Waals surface area contributed by atoms with Gasteiger partial charge in [-0.05, 0) is 46.5 Å². The van der Waals surface area contributed by atoms with E-state index in [1.54, 1.807) is 12.1 Å². The van der Waals surface area contributed by atoms with E-state index in [1.807, 2.05) is 36.4 Å². The third kappa shape index (κ3) is 5.63. The normalized spacial score (nSPS) is 11.9. The largest absolute Gasteiger partial charge is 0.493 e. The van der Waals surface area contributed by atoms with Crippen molar-refractivity contribution in [3.63, 3.8) is 0 Å². The average molecular weight is 415 g/mol. The van der Waals surface area contributed by atoms with Crippen LogP contribution in [0.25, 0.3) is 11.1 Å². The highest BCUT2D eigenvalue weighted by Gasteiger charge is 2.12. The molecule has 0 fully saturated rings. The summed E-state index contributed by atoms with van der Waals surface area (Å²) in [6.07, 6.45) is 1.17. The Bertz CT molecular complexity index is 1050. The van der Waals surface area contributed by atoms with Gasteiger partial charge in [0.25, 0.3) is 0 Å². The second kappa shape index (κ2) is 9.80. The number of urea groups is 1. The number of ether oxygens (including phenoxy) is 1. The van der Waals surface area contributed by atoms with E-state index >= 15 is 0 Å². The van der Waals surface area contributed by atoms with E-state index in [4.69, 9.17) is 4.74 Å². The lowest BCUT2D eigenvalue weighted by molar-refractivity contribution is -0.121. The first-order chi connectivity index (χ1) is 15.2. The van der Waals surface area contributed by atoms with Crippen molar-refractivity contribution >= 4 is 17.6 Å². The molecule has 0 aromatic heterocycles. The number of carbonyl (C=O) groups excluding carboxylic acids is 2. The van der Waals surface area contributed by atoms with Gasteiger partial charge in [-0.3, -0.25) is 4.79 Å². The maximum Gasteiger partial charge on any atom is 0.319 e. The lowest BCUT2D eigenvalue weighted by Crippen LogP contribution is -2.33. The summed E-state index contributed by atoms with van der Waals surface area (Å²) in [5.41, 5.74) is 5.29. The quantitative estimate of drug-likeness (QED) is 0.543. The molecule has 0 saturated heterocycles. The summed E-state index contributed by atoms with van der Waals surface area (Å²) in [5.74, 6) is 0.873. The molecule has 158 valence electrons. The Morgan fingerprint density at radius 2 is 1.65 bits per heavy atom. The first-order valence-corrected chi connectivity index (χ1v) is 10.4. The van der Waals surface area contributed by atoms with Gasteiger partial charge in [-0.1, -0.05) is 48.5 Å². The smallest absolute Gasteiger partial charge is 0.319 e. The van der Waals surface area contributed by atoms with E-state index in [9.17, 15) is 9.59 Å². The topological polar surface area (TPSA) is 79.5 Å². The predicted molar refractivity (Wildman–Crippen MR) is 121 cm³/mol. The minimum absolute atomic E-state index is 0.109. The number of hydrogen-bond acceptors (Lipinski definition) is 3. The van der Waals surface area contributed by atoms with Crippen molar-refractivity contribution in [1.29, 1.82) is 0 Å². The van der Waals surface area contributed by atoms with Crippen molar-refractivity contribution in [3.05, 3.63) is 83.9 Å². The molecule has 31 heavy (non-hydrogen) atoms. The summed E-state index contributed by atoms with van der Waals surface area (Å²) in [6, 6.07) is 23.3. The number of rotatable bonds is 7. The number of nitrogens with one attached hydrogen (secondary N) is 3. The van der Waals surface area contributed by atoms with Gasteiger partial charge in [0, 0.05) is 31.6 Å². The maximum absolute atomic E-state index is 12.1. The van der Waals surface area contributed by atoms with Gasteiger partial charge in [-0.2, -0.15) is 0 Å². The Kier molecular flexibility index (Phi) is 6.47. The zero-order valence-electron chi connectivity index (χ0n) is 17.2. The minimum atomic E-state index is -0.326. The fourth-order valence-corrected chi connectivity index (χ4v) is 3.46. The number of benzene rings is 3. The second-order valence-corrected chi connectivity index (χ2v) is 7.39. The van der Waals surface area contributed by atoms with Gasteiger partial charge in [0.2, 0.25) is 5.91 Å². The Morgan fingerprint density at radius 1 is 0.871 bits per heavy atom. The summed E-state index contributed by atoms with van der Waals surface area (Å²) in [6.45, 7) is 1.48. The van der Waals surface area contributed by atoms with Gasteiger partial charge in [-0.15, -0.1) is 0 Å². The molecule has 3 N–H and O–H groups in total. The number of hydrogen-bond donors (Lipinski definition) is 3. The number of amides is 3. The van der Waals surface area contributed by atoms with Crippen LogP contribution in [0.2, 0.25) is 0 Å². The molecule has 4 rings (SSSR count). The molecule has 3 amide bonds. The molecule has 0 spiro atoms. The van der Waals surface area contributed by atoms with Gasteiger partial charge >= 0.3 is 6.03 Å². The predicted octanol–water partition coefficient (Wildman–Crippen LogP) is 4.12. The average Bonchev–Trinajstić information content (AvgIpc) is 3.27. The van der Waals surface area contributed by atoms with Gasteiger partial charge in [0.1, 0.15) is 5.75 Å². The first-order valence-electron chi connectivity index (χ1n) is 10.4. The highest BCUT2D eigenvalue weighted by Crippen LogP contribution is 2.30. The molecule has 1 aliphatic rings. The molecule has 1 aliphatic heterocycles. The monoisotopic (exact) mass is 415 g/mol. The molecule has 6 nitrogen and oxygen atoms in total. The van der Waals surface area contributed by atoms with Crippen LogP contribution >= 0.6 is 0 Å². The van der Waals surface area contributed by atoms with Crippen LogP contribution in [0.3, 0.4) is 0 Å². The van der Waals surface area contributed by atoms with Crippen molar-refractivity contribution in [1.82, 2.24) is 10.6 Å². The molecule has 0 saturated carbocycles. The second-order valence-electron chi connectivity index (χ2n) is 7.39. The lowest BCUT2D eigenvalue weighted by Gasteiger charge is -2.09. The fourth-order valence-electron chi connectivity index (χ4n) is 3.46. The van der Waals surface area contributed by atoms with Crippen molar-refractivity contribution in [3.8, 4) is 16.9 Å². The first kappa shape index (κ1) is 20.5. The minimum Gasteiger partial charge on any atom is -0.493 e. The molecule has 0 aliphatic carbocycles. The van der Waals surface area contributed by atoms with Crippen LogP contribution in [0.15, 0.2) is 72.8 Å². The van der Waals surface area contributed by atoms with Crippen molar-refractivity contribution in [2.45, 2.75) is 19.4 Å². The highest BCUT2D eigenvalue weighted by atomic mass is 16.5. The maximum atomic E-state index is 12.1. The summed E-state index contributed by atoms with van der Waals surface area (Å²) in [4.78, 5) is 23.9. The Labute approximate surface area is 181 Å². The highest BCUT2D eigenvalue weighted by molar-refractivity contribution is 5.89. The summed E-state index contributed by atoms with van der Waals surface area (Å²) < 4.78 is 5.56. The number of carbonyl (C=O) groups is 2. The van der Waals surface area contributed by atoms with E-state index < -0.39 is 0 Å². The van der Waals surface area contributed by atoms with E-state index in [2.05, 4.69) is 40.2 Å². The SMILES string of the molecule is O=C(CCNC(=O)Nc1ccccc1)NCc1ccc(-c2ccc3c(c2)CCO3)cc1. The van der Waals surface area contributed by atoms with Crippen LogP contribution in [-0.4, -0.2) is 25.1 Å².